The van der Waals surface area contributed by atoms with Gasteiger partial charge in [-0.2, -0.15) is 0 Å². The molecule has 35 heavy (non-hydrogen) atoms. The van der Waals surface area contributed by atoms with E-state index in [-0.39, 0.29) is 5.91 Å². The highest BCUT2D eigenvalue weighted by molar-refractivity contribution is 6.30. The van der Waals surface area contributed by atoms with E-state index in [0.29, 0.717) is 5.02 Å². The number of hydrogen-bond donors (Lipinski definition) is 0. The van der Waals surface area contributed by atoms with Gasteiger partial charge in [0, 0.05) is 16.1 Å². The van der Waals surface area contributed by atoms with Crippen molar-refractivity contribution in [2.24, 2.45) is 0 Å². The van der Waals surface area contributed by atoms with Crippen molar-refractivity contribution >= 4 is 23.6 Å². The maximum absolute atomic E-state index is 14.0. The van der Waals surface area contributed by atoms with Crippen LogP contribution in [0.5, 0.6) is 0 Å². The van der Waals surface area contributed by atoms with Crippen molar-refractivity contribution < 1.29 is 14.3 Å². The highest BCUT2D eigenvalue weighted by atomic mass is 35.5. The third-order valence-corrected chi connectivity index (χ3v) is 6.84. The van der Waals surface area contributed by atoms with Crippen LogP contribution in [0.25, 0.3) is 0 Å². The quantitative estimate of drug-likeness (QED) is 0.305. The summed E-state index contributed by atoms with van der Waals surface area (Å²) in [6, 6.07) is 35.2. The molecule has 0 radical (unpaired) electrons. The number of benzene rings is 4. The molecular weight excluding hydrogens is 458 g/mol. The summed E-state index contributed by atoms with van der Waals surface area (Å²) in [5, 5.41) is 0.586. The predicted octanol–water partition coefficient (Wildman–Crippen LogP) is 7.11. The van der Waals surface area contributed by atoms with Crippen LogP contribution in [-0.2, 0) is 15.1 Å². The lowest BCUT2D eigenvalue weighted by atomic mass is 9.77. The fourth-order valence-electron chi connectivity index (χ4n) is 4.84. The van der Waals surface area contributed by atoms with E-state index in [2.05, 4.69) is 0 Å². The standard InChI is InChI=1S/C30H24ClNO3/c1-21(22-17-19-26(31)20-18-22)28(33)32-27(23-11-5-2-6-12-23)30(35-29(32)34,24-13-7-3-8-14-24)25-15-9-4-10-16-25/h2-21,27H,1H3/t21-,27-/m0/s1. The summed E-state index contributed by atoms with van der Waals surface area (Å²) >= 11 is 6.05. The molecule has 0 aliphatic carbocycles. The second kappa shape index (κ2) is 9.40. The number of imide groups is 1. The smallest absolute Gasteiger partial charge is 0.418 e. The normalized spacial score (nSPS) is 17.6. The number of ether oxygens (including phenoxy) is 1. The van der Waals surface area contributed by atoms with E-state index in [1.165, 1.54) is 4.90 Å². The molecule has 5 rings (SSSR count). The van der Waals surface area contributed by atoms with Crippen LogP contribution in [0.2, 0.25) is 5.02 Å². The predicted molar refractivity (Wildman–Crippen MR) is 136 cm³/mol. The highest BCUT2D eigenvalue weighted by Crippen LogP contribution is 2.53. The third-order valence-electron chi connectivity index (χ3n) is 6.59. The summed E-state index contributed by atoms with van der Waals surface area (Å²) in [6.45, 7) is 1.80. The lowest BCUT2D eigenvalue weighted by Crippen LogP contribution is -2.41. The van der Waals surface area contributed by atoms with Gasteiger partial charge in [-0.3, -0.25) is 4.79 Å². The van der Waals surface area contributed by atoms with E-state index in [9.17, 15) is 9.59 Å². The number of halogens is 1. The molecule has 174 valence electrons. The van der Waals surface area contributed by atoms with Crippen molar-refractivity contribution in [2.45, 2.75) is 24.5 Å². The number of amides is 2. The van der Waals surface area contributed by atoms with Crippen LogP contribution in [0.1, 0.15) is 41.1 Å². The fraction of sp³-hybridized carbons (Fsp3) is 0.133. The van der Waals surface area contributed by atoms with Crippen LogP contribution >= 0.6 is 11.6 Å². The van der Waals surface area contributed by atoms with Gasteiger partial charge in [-0.25, -0.2) is 9.69 Å². The molecule has 1 saturated heterocycles. The molecule has 2 amide bonds. The fourth-order valence-corrected chi connectivity index (χ4v) is 4.97. The van der Waals surface area contributed by atoms with E-state index >= 15 is 0 Å². The minimum absolute atomic E-state index is 0.333. The van der Waals surface area contributed by atoms with Gasteiger partial charge >= 0.3 is 6.09 Å². The summed E-state index contributed by atoms with van der Waals surface area (Å²) in [7, 11) is 0. The molecule has 0 spiro atoms. The molecule has 1 heterocycles. The van der Waals surface area contributed by atoms with Crippen LogP contribution in [0.3, 0.4) is 0 Å². The number of carbonyl (C=O) groups is 2. The number of hydrogen-bond acceptors (Lipinski definition) is 3. The Bertz CT molecular complexity index is 1290. The average Bonchev–Trinajstić information content (AvgIpc) is 3.23. The van der Waals surface area contributed by atoms with Gasteiger partial charge in [0.25, 0.3) is 0 Å². The first-order valence-electron chi connectivity index (χ1n) is 11.5. The third kappa shape index (κ3) is 4.00. The summed E-state index contributed by atoms with van der Waals surface area (Å²) < 4.78 is 6.27. The van der Waals surface area contributed by atoms with Crippen LogP contribution in [0.15, 0.2) is 115 Å². The maximum atomic E-state index is 14.0. The van der Waals surface area contributed by atoms with Crippen molar-refractivity contribution in [1.82, 2.24) is 4.90 Å². The molecule has 1 fully saturated rings. The molecule has 1 aliphatic heterocycles. The van der Waals surface area contributed by atoms with Gasteiger partial charge in [-0.05, 0) is 30.2 Å². The minimum Gasteiger partial charge on any atom is -0.430 e. The first-order valence-corrected chi connectivity index (χ1v) is 11.9. The van der Waals surface area contributed by atoms with Gasteiger partial charge in [-0.15, -0.1) is 0 Å². The Morgan fingerprint density at radius 3 is 1.80 bits per heavy atom. The van der Waals surface area contributed by atoms with Crippen LogP contribution < -0.4 is 0 Å². The lowest BCUT2D eigenvalue weighted by molar-refractivity contribution is -0.131. The average molecular weight is 482 g/mol. The van der Waals surface area contributed by atoms with Crippen molar-refractivity contribution in [3.8, 4) is 0 Å². The number of rotatable bonds is 5. The zero-order valence-electron chi connectivity index (χ0n) is 19.2. The second-order valence-corrected chi connectivity index (χ2v) is 9.07. The minimum atomic E-state index is -1.21. The molecule has 0 bridgehead atoms. The Labute approximate surface area is 209 Å². The highest BCUT2D eigenvalue weighted by Gasteiger charge is 2.59. The molecule has 0 N–H and O–H groups in total. The van der Waals surface area contributed by atoms with Crippen LogP contribution in [0, 0.1) is 0 Å². The summed E-state index contributed by atoms with van der Waals surface area (Å²) in [5.74, 6) is -0.909. The van der Waals surface area contributed by atoms with E-state index < -0.39 is 23.7 Å². The van der Waals surface area contributed by atoms with Crippen LogP contribution in [-0.4, -0.2) is 16.9 Å². The van der Waals surface area contributed by atoms with E-state index in [1.807, 2.05) is 103 Å². The van der Waals surface area contributed by atoms with Crippen molar-refractivity contribution in [2.75, 3.05) is 0 Å². The molecule has 0 unspecified atom stereocenters. The topological polar surface area (TPSA) is 46.6 Å². The Kier molecular flexibility index (Phi) is 6.14. The van der Waals surface area contributed by atoms with E-state index in [0.717, 1.165) is 22.3 Å². The van der Waals surface area contributed by atoms with E-state index in [4.69, 9.17) is 16.3 Å². The van der Waals surface area contributed by atoms with E-state index in [1.54, 1.807) is 19.1 Å². The van der Waals surface area contributed by atoms with Gasteiger partial charge in [0.15, 0.2) is 5.60 Å². The Hall–Kier alpha value is -3.89. The Morgan fingerprint density at radius 1 is 0.800 bits per heavy atom. The Morgan fingerprint density at radius 2 is 1.29 bits per heavy atom. The molecule has 1 aliphatic rings. The molecule has 4 aromatic carbocycles. The number of cyclic esters (lactones) is 1. The molecular formula is C30H24ClNO3. The van der Waals surface area contributed by atoms with Crippen molar-refractivity contribution in [3.05, 3.63) is 143 Å². The van der Waals surface area contributed by atoms with Crippen molar-refractivity contribution in [3.63, 3.8) is 0 Å². The Balaban J connectivity index is 1.71. The molecule has 2 atom stereocenters. The van der Waals surface area contributed by atoms with Gasteiger partial charge in [0.2, 0.25) is 5.91 Å². The molecule has 5 heteroatoms. The summed E-state index contributed by atoms with van der Waals surface area (Å²) in [6.07, 6.45) is -0.669. The first-order chi connectivity index (χ1) is 17.0. The van der Waals surface area contributed by atoms with Gasteiger partial charge in [0.05, 0.1) is 5.92 Å². The largest absolute Gasteiger partial charge is 0.430 e. The lowest BCUT2D eigenvalue weighted by Gasteiger charge is -2.36. The maximum Gasteiger partial charge on any atom is 0.418 e. The monoisotopic (exact) mass is 481 g/mol. The zero-order chi connectivity index (χ0) is 24.4. The summed E-state index contributed by atoms with van der Waals surface area (Å²) in [5.41, 5.74) is 1.96. The number of nitrogens with zero attached hydrogens (tertiary/aromatic N) is 1. The van der Waals surface area contributed by atoms with Gasteiger partial charge < -0.3 is 4.74 Å². The second-order valence-electron chi connectivity index (χ2n) is 8.63. The number of carbonyl (C=O) groups excluding carboxylic acids is 2. The summed E-state index contributed by atoms with van der Waals surface area (Å²) in [4.78, 5) is 28.9. The van der Waals surface area contributed by atoms with Gasteiger partial charge in [-0.1, -0.05) is 115 Å². The molecule has 4 aromatic rings. The molecule has 4 nitrogen and oxygen atoms in total. The molecule has 0 aromatic heterocycles. The van der Waals surface area contributed by atoms with Crippen molar-refractivity contribution in [1.29, 1.82) is 0 Å². The van der Waals surface area contributed by atoms with Crippen LogP contribution in [0.4, 0.5) is 4.79 Å². The molecule has 0 saturated carbocycles. The van der Waals surface area contributed by atoms with Gasteiger partial charge in [0.1, 0.15) is 6.04 Å². The zero-order valence-corrected chi connectivity index (χ0v) is 19.9. The SMILES string of the molecule is C[C@H](C(=O)N1C(=O)OC(c2ccccc2)(c2ccccc2)[C@@H]1c1ccccc1)c1ccc(Cl)cc1. The first kappa shape index (κ1) is 22.9.